The minimum atomic E-state index is -1.01. The smallest absolute Gasteiger partial charge is 0.305 e. The SMILES string of the molecule is COc1ccc2cc(C/C(=C\N(N)c3cc(F)cc(F)c3)Oc3ccc(C(=O)NCCC(=O)O)cc3)ccc2c1. The van der Waals surface area contributed by atoms with Crippen LogP contribution in [-0.2, 0) is 11.2 Å². The minimum absolute atomic E-state index is 0.00481. The second-order valence-corrected chi connectivity index (χ2v) is 8.88. The Morgan fingerprint density at radius 3 is 2.25 bits per heavy atom. The number of hydrogen-bond donors (Lipinski definition) is 3. The number of amides is 1. The molecule has 0 aromatic heterocycles. The molecule has 0 saturated heterocycles. The van der Waals surface area contributed by atoms with E-state index in [-0.39, 0.29) is 25.1 Å². The van der Waals surface area contributed by atoms with Crippen molar-refractivity contribution < 1.29 is 33.0 Å². The molecule has 1 amide bonds. The van der Waals surface area contributed by atoms with Crippen molar-refractivity contribution in [2.45, 2.75) is 12.8 Å². The van der Waals surface area contributed by atoms with Crippen molar-refractivity contribution in [2.75, 3.05) is 18.7 Å². The summed E-state index contributed by atoms with van der Waals surface area (Å²) in [4.78, 5) is 22.9. The van der Waals surface area contributed by atoms with Gasteiger partial charge in [0, 0.05) is 24.6 Å². The Morgan fingerprint density at radius 1 is 0.925 bits per heavy atom. The van der Waals surface area contributed by atoms with Gasteiger partial charge in [-0.3, -0.25) is 14.6 Å². The van der Waals surface area contributed by atoms with Crippen LogP contribution >= 0.6 is 0 Å². The second-order valence-electron chi connectivity index (χ2n) is 8.88. The zero-order chi connectivity index (χ0) is 28.6. The van der Waals surface area contributed by atoms with Gasteiger partial charge in [-0.25, -0.2) is 14.6 Å². The molecule has 0 heterocycles. The summed E-state index contributed by atoms with van der Waals surface area (Å²) in [6.45, 7) is 0.00481. The largest absolute Gasteiger partial charge is 0.497 e. The summed E-state index contributed by atoms with van der Waals surface area (Å²) in [6, 6.07) is 20.8. The maximum absolute atomic E-state index is 13.8. The number of carbonyl (C=O) groups excluding carboxylic acids is 1. The minimum Gasteiger partial charge on any atom is -0.497 e. The molecule has 0 fully saturated rings. The summed E-state index contributed by atoms with van der Waals surface area (Å²) >= 11 is 0. The summed E-state index contributed by atoms with van der Waals surface area (Å²) < 4.78 is 39.0. The van der Waals surface area contributed by atoms with Gasteiger partial charge in [0.1, 0.15) is 28.9 Å². The fraction of sp³-hybridized carbons (Fsp3) is 0.133. The number of hydrazine groups is 1. The first-order chi connectivity index (χ1) is 19.2. The van der Waals surface area contributed by atoms with Crippen molar-refractivity contribution in [3.63, 3.8) is 0 Å². The normalized spacial score (nSPS) is 11.2. The molecule has 0 aliphatic carbocycles. The second kappa shape index (κ2) is 12.7. The highest BCUT2D eigenvalue weighted by molar-refractivity contribution is 5.94. The lowest BCUT2D eigenvalue weighted by Gasteiger charge is -2.18. The van der Waals surface area contributed by atoms with E-state index in [0.717, 1.165) is 45.3 Å². The van der Waals surface area contributed by atoms with Gasteiger partial charge in [0.2, 0.25) is 0 Å². The summed E-state index contributed by atoms with van der Waals surface area (Å²) in [7, 11) is 1.60. The predicted molar refractivity (Wildman–Crippen MR) is 147 cm³/mol. The van der Waals surface area contributed by atoms with Gasteiger partial charge in [-0.1, -0.05) is 24.3 Å². The van der Waals surface area contributed by atoms with E-state index >= 15 is 0 Å². The Labute approximate surface area is 229 Å². The van der Waals surface area contributed by atoms with E-state index < -0.39 is 23.5 Å². The van der Waals surface area contributed by atoms with Gasteiger partial charge in [0.25, 0.3) is 5.91 Å². The number of halogens is 2. The molecule has 4 rings (SSSR count). The van der Waals surface area contributed by atoms with Gasteiger partial charge in [-0.05, 0) is 64.9 Å². The van der Waals surface area contributed by atoms with Gasteiger partial charge >= 0.3 is 5.97 Å². The zero-order valence-corrected chi connectivity index (χ0v) is 21.6. The standard InChI is InChI=1S/C30H27F2N3O5/c1-39-27-9-6-21-12-19(2-3-22(21)14-27)13-28(18-35(33)25-16-23(31)15-24(32)17-25)40-26-7-4-20(5-8-26)30(38)34-11-10-29(36)37/h2-9,12,14-18H,10-11,13,33H2,1H3,(H,34,38)(H,36,37)/b28-18+. The number of nitrogens with one attached hydrogen (secondary N) is 1. The van der Waals surface area contributed by atoms with E-state index in [1.807, 2.05) is 36.4 Å². The number of anilines is 1. The third-order valence-corrected chi connectivity index (χ3v) is 5.91. The molecule has 10 heteroatoms. The van der Waals surface area contributed by atoms with Crippen LogP contribution in [0.1, 0.15) is 22.3 Å². The lowest BCUT2D eigenvalue weighted by Crippen LogP contribution is -2.26. The van der Waals surface area contributed by atoms with Gasteiger partial charge < -0.3 is 19.9 Å². The number of benzene rings is 4. The number of methoxy groups -OCH3 is 1. The first-order valence-electron chi connectivity index (χ1n) is 12.3. The maximum Gasteiger partial charge on any atom is 0.305 e. The molecule has 0 aliphatic rings. The molecular weight excluding hydrogens is 520 g/mol. The van der Waals surface area contributed by atoms with Crippen molar-refractivity contribution in [3.05, 3.63) is 114 Å². The molecule has 4 aromatic carbocycles. The van der Waals surface area contributed by atoms with E-state index in [1.54, 1.807) is 19.2 Å². The fourth-order valence-corrected chi connectivity index (χ4v) is 3.95. The number of nitrogens with two attached hydrogens (primary N) is 1. The summed E-state index contributed by atoms with van der Waals surface area (Å²) in [5.41, 5.74) is 1.29. The molecule has 0 radical (unpaired) electrons. The first-order valence-corrected chi connectivity index (χ1v) is 12.3. The summed E-state index contributed by atoms with van der Waals surface area (Å²) in [5.74, 6) is 4.64. The Bertz CT molecular complexity index is 1540. The van der Waals surface area contributed by atoms with E-state index in [9.17, 15) is 18.4 Å². The zero-order valence-electron chi connectivity index (χ0n) is 21.6. The van der Waals surface area contributed by atoms with Crippen LogP contribution in [0.2, 0.25) is 0 Å². The molecule has 8 nitrogen and oxygen atoms in total. The van der Waals surface area contributed by atoms with Crippen molar-refractivity contribution >= 4 is 28.3 Å². The van der Waals surface area contributed by atoms with E-state index in [2.05, 4.69) is 5.32 Å². The third kappa shape index (κ3) is 7.55. The van der Waals surface area contributed by atoms with Crippen LogP contribution in [0.15, 0.2) is 90.8 Å². The van der Waals surface area contributed by atoms with Crippen LogP contribution < -0.4 is 25.6 Å². The topological polar surface area (TPSA) is 114 Å². The van der Waals surface area contributed by atoms with Gasteiger partial charge in [0.15, 0.2) is 0 Å². The highest BCUT2D eigenvalue weighted by Crippen LogP contribution is 2.25. The monoisotopic (exact) mass is 547 g/mol. The molecular formula is C30H27F2N3O5. The van der Waals surface area contributed by atoms with Gasteiger partial charge in [-0.2, -0.15) is 0 Å². The van der Waals surface area contributed by atoms with Crippen molar-refractivity contribution in [2.24, 2.45) is 5.84 Å². The number of rotatable bonds is 11. The maximum atomic E-state index is 13.8. The number of carboxylic acids is 1. The van der Waals surface area contributed by atoms with Crippen LogP contribution in [0.25, 0.3) is 10.8 Å². The average molecular weight is 548 g/mol. The Kier molecular flexibility index (Phi) is 8.93. The molecule has 0 atom stereocenters. The number of carboxylic acid groups (broad SMARTS) is 1. The quantitative estimate of drug-likeness (QED) is 0.135. The molecule has 0 aliphatic heterocycles. The van der Waals surface area contributed by atoms with Gasteiger partial charge in [-0.15, -0.1) is 0 Å². The van der Waals surface area contributed by atoms with Crippen molar-refractivity contribution in [1.29, 1.82) is 0 Å². The number of carbonyl (C=O) groups is 2. The molecule has 0 spiro atoms. The van der Waals surface area contributed by atoms with E-state index in [4.69, 9.17) is 20.4 Å². The average Bonchev–Trinajstić information content (AvgIpc) is 2.92. The Balaban J connectivity index is 1.58. The molecule has 40 heavy (non-hydrogen) atoms. The number of aliphatic carboxylic acids is 1. The first kappa shape index (κ1) is 28.1. The number of ether oxygens (including phenoxy) is 2. The van der Waals surface area contributed by atoms with Crippen LogP contribution in [0.5, 0.6) is 11.5 Å². The van der Waals surface area contributed by atoms with Crippen LogP contribution in [0.3, 0.4) is 0 Å². The number of hydrogen-bond acceptors (Lipinski definition) is 6. The number of fused-ring (bicyclic) bond motifs is 1. The molecule has 4 N–H and O–H groups in total. The highest BCUT2D eigenvalue weighted by atomic mass is 19.1. The summed E-state index contributed by atoms with van der Waals surface area (Å²) in [5, 5.41) is 14.3. The Hall–Kier alpha value is -4.96. The molecule has 0 unspecified atom stereocenters. The molecule has 0 saturated carbocycles. The lowest BCUT2D eigenvalue weighted by atomic mass is 10.0. The molecule has 206 valence electrons. The summed E-state index contributed by atoms with van der Waals surface area (Å²) in [6.07, 6.45) is 1.53. The number of nitrogens with zero attached hydrogens (tertiary/aromatic N) is 1. The van der Waals surface area contributed by atoms with Crippen LogP contribution in [-0.4, -0.2) is 30.6 Å². The van der Waals surface area contributed by atoms with Gasteiger partial charge in [0.05, 0.1) is 25.4 Å². The van der Waals surface area contributed by atoms with Crippen LogP contribution in [0.4, 0.5) is 14.5 Å². The molecule has 4 aromatic rings. The molecule has 0 bridgehead atoms. The third-order valence-electron chi connectivity index (χ3n) is 5.91. The van der Waals surface area contributed by atoms with E-state index in [0.29, 0.717) is 17.1 Å². The fourth-order valence-electron chi connectivity index (χ4n) is 3.95. The van der Waals surface area contributed by atoms with Crippen LogP contribution in [0, 0.1) is 11.6 Å². The predicted octanol–water partition coefficient (Wildman–Crippen LogP) is 5.17. The lowest BCUT2D eigenvalue weighted by molar-refractivity contribution is -0.136. The van der Waals surface area contributed by atoms with Crippen molar-refractivity contribution in [3.8, 4) is 11.5 Å². The highest BCUT2D eigenvalue weighted by Gasteiger charge is 2.12. The van der Waals surface area contributed by atoms with E-state index in [1.165, 1.54) is 18.3 Å². The number of allylic oxidation sites excluding steroid dienone is 1. The Morgan fingerprint density at radius 2 is 1.57 bits per heavy atom. The van der Waals surface area contributed by atoms with Crippen molar-refractivity contribution in [1.82, 2.24) is 5.32 Å².